The number of pyridine rings is 1. The van der Waals surface area contributed by atoms with E-state index in [9.17, 15) is 14.0 Å². The highest BCUT2D eigenvalue weighted by atomic mass is 19.1. The molecule has 2 N–H and O–H groups in total. The first-order valence-corrected chi connectivity index (χ1v) is 9.04. The molecular weight excluding hydrogens is 347 g/mol. The molecule has 0 bridgehead atoms. The minimum absolute atomic E-state index is 0.0472. The zero-order valence-corrected chi connectivity index (χ0v) is 15.2. The fourth-order valence-corrected chi connectivity index (χ4v) is 3.37. The quantitative estimate of drug-likeness (QED) is 0.812. The van der Waals surface area contributed by atoms with Crippen LogP contribution < -0.4 is 10.6 Å². The van der Waals surface area contributed by atoms with Crippen molar-refractivity contribution in [1.29, 1.82) is 0 Å². The van der Waals surface area contributed by atoms with E-state index in [-0.39, 0.29) is 29.5 Å². The number of halogens is 1. The molecule has 0 spiro atoms. The van der Waals surface area contributed by atoms with E-state index in [4.69, 9.17) is 0 Å². The average Bonchev–Trinajstić information content (AvgIpc) is 3.05. The number of likely N-dealkylation sites (N-methyl/N-ethyl adjacent to an activating group) is 1. The normalized spacial score (nSPS) is 19.6. The van der Waals surface area contributed by atoms with E-state index >= 15 is 0 Å². The highest BCUT2D eigenvalue weighted by Gasteiger charge is 2.37. The van der Waals surface area contributed by atoms with Gasteiger partial charge in [0, 0.05) is 43.6 Å². The van der Waals surface area contributed by atoms with Gasteiger partial charge < -0.3 is 10.6 Å². The SMILES string of the molecule is CCNC(=O)C1CC(NC(=O)c2cccc(F)c2)CN1Cc1ccncc1. The fourth-order valence-electron chi connectivity index (χ4n) is 3.37. The molecule has 2 amide bonds. The van der Waals surface area contributed by atoms with Gasteiger partial charge in [-0.25, -0.2) is 4.39 Å². The molecule has 1 saturated heterocycles. The monoisotopic (exact) mass is 370 g/mol. The van der Waals surface area contributed by atoms with E-state index in [0.717, 1.165) is 5.56 Å². The van der Waals surface area contributed by atoms with Gasteiger partial charge in [-0.2, -0.15) is 0 Å². The van der Waals surface area contributed by atoms with Crippen molar-refractivity contribution in [3.63, 3.8) is 0 Å². The molecular formula is C20H23FN4O2. The van der Waals surface area contributed by atoms with Crippen LogP contribution in [0.25, 0.3) is 0 Å². The fraction of sp³-hybridized carbons (Fsp3) is 0.350. The predicted molar refractivity (Wildman–Crippen MR) is 99.4 cm³/mol. The summed E-state index contributed by atoms with van der Waals surface area (Å²) in [5.41, 5.74) is 1.33. The first kappa shape index (κ1) is 19.0. The van der Waals surface area contributed by atoms with E-state index in [1.54, 1.807) is 18.5 Å². The molecule has 1 fully saturated rings. The molecule has 0 radical (unpaired) electrons. The van der Waals surface area contributed by atoms with E-state index in [0.29, 0.717) is 26.1 Å². The largest absolute Gasteiger partial charge is 0.355 e. The lowest BCUT2D eigenvalue weighted by Gasteiger charge is -2.23. The number of benzene rings is 1. The topological polar surface area (TPSA) is 74.3 Å². The zero-order valence-electron chi connectivity index (χ0n) is 15.2. The molecule has 142 valence electrons. The zero-order chi connectivity index (χ0) is 19.2. The molecule has 27 heavy (non-hydrogen) atoms. The Hall–Kier alpha value is -2.80. The Morgan fingerprint density at radius 1 is 1.26 bits per heavy atom. The maximum absolute atomic E-state index is 13.4. The highest BCUT2D eigenvalue weighted by Crippen LogP contribution is 2.21. The van der Waals surface area contributed by atoms with Gasteiger partial charge in [-0.05, 0) is 49.2 Å². The molecule has 2 heterocycles. The lowest BCUT2D eigenvalue weighted by molar-refractivity contribution is -0.125. The summed E-state index contributed by atoms with van der Waals surface area (Å²) in [5, 5.41) is 5.79. The van der Waals surface area contributed by atoms with Crippen molar-refractivity contribution < 1.29 is 14.0 Å². The smallest absolute Gasteiger partial charge is 0.251 e. The number of likely N-dealkylation sites (tertiary alicyclic amines) is 1. The second-order valence-corrected chi connectivity index (χ2v) is 6.61. The molecule has 1 aliphatic rings. The Labute approximate surface area is 157 Å². The third-order valence-electron chi connectivity index (χ3n) is 4.61. The van der Waals surface area contributed by atoms with E-state index in [1.807, 2.05) is 19.1 Å². The number of rotatable bonds is 6. The van der Waals surface area contributed by atoms with Gasteiger partial charge in [-0.1, -0.05) is 6.07 Å². The Balaban J connectivity index is 1.70. The van der Waals surface area contributed by atoms with Crippen molar-refractivity contribution in [2.75, 3.05) is 13.1 Å². The van der Waals surface area contributed by atoms with Crippen LogP contribution in [-0.4, -0.2) is 46.9 Å². The Morgan fingerprint density at radius 3 is 2.74 bits per heavy atom. The van der Waals surface area contributed by atoms with Crippen molar-refractivity contribution in [1.82, 2.24) is 20.5 Å². The number of carbonyl (C=O) groups excluding carboxylic acids is 2. The molecule has 0 saturated carbocycles. The van der Waals surface area contributed by atoms with Crippen molar-refractivity contribution >= 4 is 11.8 Å². The first-order chi connectivity index (χ1) is 13.1. The number of amides is 2. The standard InChI is InChI=1S/C20H23FN4O2/c1-2-23-20(27)18-11-17(13-25(18)12-14-6-8-22-9-7-14)24-19(26)15-4-3-5-16(21)10-15/h3-10,17-18H,2,11-13H2,1H3,(H,23,27)(H,24,26). The molecule has 1 aliphatic heterocycles. The molecule has 3 rings (SSSR count). The number of nitrogens with zero attached hydrogens (tertiary/aromatic N) is 2. The van der Waals surface area contributed by atoms with Crippen molar-refractivity contribution in [2.24, 2.45) is 0 Å². The van der Waals surface area contributed by atoms with Crippen LogP contribution in [0.2, 0.25) is 0 Å². The molecule has 2 atom stereocenters. The second-order valence-electron chi connectivity index (χ2n) is 6.61. The van der Waals surface area contributed by atoms with Gasteiger partial charge in [0.1, 0.15) is 5.82 Å². The van der Waals surface area contributed by atoms with E-state index in [1.165, 1.54) is 18.2 Å². The molecule has 1 aromatic carbocycles. The van der Waals surface area contributed by atoms with Crippen molar-refractivity contribution in [3.05, 3.63) is 65.7 Å². The third kappa shape index (κ3) is 4.89. The Morgan fingerprint density at radius 2 is 2.04 bits per heavy atom. The van der Waals surface area contributed by atoms with Gasteiger partial charge >= 0.3 is 0 Å². The third-order valence-corrected chi connectivity index (χ3v) is 4.61. The highest BCUT2D eigenvalue weighted by molar-refractivity contribution is 5.94. The predicted octanol–water partition coefficient (Wildman–Crippen LogP) is 1.73. The van der Waals surface area contributed by atoms with Crippen LogP contribution in [0.5, 0.6) is 0 Å². The van der Waals surface area contributed by atoms with Crippen LogP contribution in [0.4, 0.5) is 4.39 Å². The lowest BCUT2D eigenvalue weighted by Crippen LogP contribution is -2.42. The number of hydrogen-bond donors (Lipinski definition) is 2. The maximum atomic E-state index is 13.4. The van der Waals surface area contributed by atoms with Crippen LogP contribution in [0.1, 0.15) is 29.3 Å². The summed E-state index contributed by atoms with van der Waals surface area (Å²) in [6.45, 7) is 3.57. The van der Waals surface area contributed by atoms with Gasteiger partial charge in [0.05, 0.1) is 6.04 Å². The summed E-state index contributed by atoms with van der Waals surface area (Å²) in [5.74, 6) is -0.831. The summed E-state index contributed by atoms with van der Waals surface area (Å²) in [7, 11) is 0. The van der Waals surface area contributed by atoms with E-state index in [2.05, 4.69) is 20.5 Å². The molecule has 7 heteroatoms. The van der Waals surface area contributed by atoms with Crippen molar-refractivity contribution in [3.8, 4) is 0 Å². The number of carbonyl (C=O) groups is 2. The lowest BCUT2D eigenvalue weighted by atomic mass is 10.1. The second kappa shape index (κ2) is 8.73. The van der Waals surface area contributed by atoms with E-state index < -0.39 is 5.82 Å². The molecule has 2 aromatic rings. The van der Waals surface area contributed by atoms with Crippen LogP contribution in [0.15, 0.2) is 48.8 Å². The summed E-state index contributed by atoms with van der Waals surface area (Å²) < 4.78 is 13.4. The molecule has 2 unspecified atom stereocenters. The number of nitrogens with one attached hydrogen (secondary N) is 2. The first-order valence-electron chi connectivity index (χ1n) is 9.04. The van der Waals surface area contributed by atoms with Gasteiger partial charge in [0.2, 0.25) is 5.91 Å². The van der Waals surface area contributed by atoms with Crippen molar-refractivity contribution in [2.45, 2.75) is 32.0 Å². The average molecular weight is 370 g/mol. The molecule has 1 aromatic heterocycles. The van der Waals surface area contributed by atoms with Crippen LogP contribution >= 0.6 is 0 Å². The Kier molecular flexibility index (Phi) is 6.13. The Bertz CT molecular complexity index is 800. The summed E-state index contributed by atoms with van der Waals surface area (Å²) in [6, 6.07) is 8.90. The summed E-state index contributed by atoms with van der Waals surface area (Å²) in [6.07, 6.45) is 3.95. The summed E-state index contributed by atoms with van der Waals surface area (Å²) >= 11 is 0. The molecule has 6 nitrogen and oxygen atoms in total. The number of aromatic nitrogens is 1. The van der Waals surface area contributed by atoms with Gasteiger partial charge in [0.15, 0.2) is 0 Å². The minimum Gasteiger partial charge on any atom is -0.355 e. The molecule has 0 aliphatic carbocycles. The van der Waals surface area contributed by atoms with Crippen LogP contribution in [0, 0.1) is 5.82 Å². The van der Waals surface area contributed by atoms with Crippen LogP contribution in [0.3, 0.4) is 0 Å². The van der Waals surface area contributed by atoms with Gasteiger partial charge in [0.25, 0.3) is 5.91 Å². The van der Waals surface area contributed by atoms with Gasteiger partial charge in [-0.15, -0.1) is 0 Å². The maximum Gasteiger partial charge on any atom is 0.251 e. The van der Waals surface area contributed by atoms with Gasteiger partial charge in [-0.3, -0.25) is 19.5 Å². The minimum atomic E-state index is -0.450. The summed E-state index contributed by atoms with van der Waals surface area (Å²) in [4.78, 5) is 30.9. The van der Waals surface area contributed by atoms with Crippen LogP contribution in [-0.2, 0) is 11.3 Å². The number of hydrogen-bond acceptors (Lipinski definition) is 4.